The van der Waals surface area contributed by atoms with Gasteiger partial charge in [-0.05, 0) is 19.3 Å². The highest BCUT2D eigenvalue weighted by Crippen LogP contribution is 2.16. The van der Waals surface area contributed by atoms with Crippen LogP contribution in [-0.2, 0) is 4.79 Å². The largest absolute Gasteiger partial charge is 0.481 e. The summed E-state index contributed by atoms with van der Waals surface area (Å²) in [5, 5.41) is 18.9. The summed E-state index contributed by atoms with van der Waals surface area (Å²) in [5.74, 6) is -0.966. The molecule has 0 fully saturated rings. The molecule has 0 spiro atoms. The molecule has 0 aromatic carbocycles. The number of carboxylic acids is 1. The van der Waals surface area contributed by atoms with Crippen LogP contribution in [0, 0.1) is 5.92 Å². The maximum Gasteiger partial charge on any atom is 0.306 e. The van der Waals surface area contributed by atoms with E-state index in [4.69, 9.17) is 5.11 Å². The van der Waals surface area contributed by atoms with Gasteiger partial charge in [-0.2, -0.15) is 0 Å². The van der Waals surface area contributed by atoms with Crippen LogP contribution in [0.4, 0.5) is 0 Å². The van der Waals surface area contributed by atoms with Gasteiger partial charge in [0.1, 0.15) is 0 Å². The number of rotatable bonds is 26. The van der Waals surface area contributed by atoms with E-state index < -0.39 is 5.97 Å². The van der Waals surface area contributed by atoms with Gasteiger partial charge in [-0.25, -0.2) is 0 Å². The summed E-state index contributed by atoms with van der Waals surface area (Å²) in [7, 11) is 0. The fraction of sp³-hybridized carbons (Fsp3) is 0.966. The molecule has 0 rings (SSSR count). The van der Waals surface area contributed by atoms with Crippen molar-refractivity contribution in [3.8, 4) is 0 Å². The van der Waals surface area contributed by atoms with E-state index in [1.54, 1.807) is 6.92 Å². The molecule has 0 aliphatic rings. The van der Waals surface area contributed by atoms with Crippen LogP contribution in [-0.4, -0.2) is 22.3 Å². The van der Waals surface area contributed by atoms with Crippen molar-refractivity contribution >= 4 is 5.97 Å². The summed E-state index contributed by atoms with van der Waals surface area (Å²) in [4.78, 5) is 10.8. The average Bonchev–Trinajstić information content (AvgIpc) is 2.78. The molecule has 2 unspecified atom stereocenters. The third-order valence-corrected chi connectivity index (χ3v) is 6.99. The fourth-order valence-electron chi connectivity index (χ4n) is 4.56. The first kappa shape index (κ1) is 31.4. The van der Waals surface area contributed by atoms with Crippen molar-refractivity contribution in [1.29, 1.82) is 0 Å². The second-order valence-corrected chi connectivity index (χ2v) is 10.3. The zero-order valence-electron chi connectivity index (χ0n) is 21.9. The summed E-state index contributed by atoms with van der Waals surface area (Å²) >= 11 is 0. The van der Waals surface area contributed by atoms with E-state index in [1.807, 2.05) is 0 Å². The Morgan fingerprint density at radius 1 is 0.531 bits per heavy atom. The second-order valence-electron chi connectivity index (χ2n) is 10.3. The van der Waals surface area contributed by atoms with Crippen LogP contribution in [0.3, 0.4) is 0 Å². The quantitative estimate of drug-likeness (QED) is 0.128. The standard InChI is InChI=1S/C29H58O3/c1-3-4-5-6-7-8-9-10-11-12-13-14-15-16-17-18-19-20-21-25-28(30)26-23-22-24-27(2)29(31)32/h27-28,30H,3-26H2,1-2H3,(H,31,32). The molecule has 2 N–H and O–H groups in total. The van der Waals surface area contributed by atoms with Crippen LogP contribution >= 0.6 is 0 Å². The van der Waals surface area contributed by atoms with Crippen LogP contribution in [0.15, 0.2) is 0 Å². The minimum atomic E-state index is -0.709. The molecule has 0 aliphatic carbocycles. The van der Waals surface area contributed by atoms with Crippen molar-refractivity contribution in [3.63, 3.8) is 0 Å². The number of hydrogen-bond donors (Lipinski definition) is 2. The predicted molar refractivity (Wildman–Crippen MR) is 139 cm³/mol. The van der Waals surface area contributed by atoms with Crippen LogP contribution in [0.5, 0.6) is 0 Å². The molecule has 0 saturated carbocycles. The Morgan fingerprint density at radius 2 is 0.812 bits per heavy atom. The molecule has 0 aromatic heterocycles. The maximum absolute atomic E-state index is 10.8. The van der Waals surface area contributed by atoms with Gasteiger partial charge < -0.3 is 10.2 Å². The zero-order valence-corrected chi connectivity index (χ0v) is 21.9. The zero-order chi connectivity index (χ0) is 23.7. The third-order valence-electron chi connectivity index (χ3n) is 6.99. The number of unbranched alkanes of at least 4 members (excludes halogenated alkanes) is 19. The molecule has 0 bridgehead atoms. The van der Waals surface area contributed by atoms with Gasteiger partial charge in [0.05, 0.1) is 12.0 Å². The van der Waals surface area contributed by atoms with Gasteiger partial charge in [-0.3, -0.25) is 4.79 Å². The molecule has 2 atom stereocenters. The van der Waals surface area contributed by atoms with Gasteiger partial charge in [0, 0.05) is 0 Å². The van der Waals surface area contributed by atoms with Crippen LogP contribution < -0.4 is 0 Å². The summed E-state index contributed by atoms with van der Waals surface area (Å²) in [6.45, 7) is 4.05. The van der Waals surface area contributed by atoms with Crippen molar-refractivity contribution in [1.82, 2.24) is 0 Å². The van der Waals surface area contributed by atoms with E-state index in [1.165, 1.54) is 116 Å². The maximum atomic E-state index is 10.8. The van der Waals surface area contributed by atoms with Gasteiger partial charge in [0.15, 0.2) is 0 Å². The molecule has 0 aromatic rings. The first-order valence-electron chi connectivity index (χ1n) is 14.5. The first-order valence-corrected chi connectivity index (χ1v) is 14.5. The van der Waals surface area contributed by atoms with Gasteiger partial charge in [0.2, 0.25) is 0 Å². The van der Waals surface area contributed by atoms with Gasteiger partial charge >= 0.3 is 5.97 Å². The molecule has 0 amide bonds. The van der Waals surface area contributed by atoms with E-state index in [0.29, 0.717) is 0 Å². The number of aliphatic carboxylic acids is 1. The van der Waals surface area contributed by atoms with Crippen LogP contribution in [0.2, 0.25) is 0 Å². The van der Waals surface area contributed by atoms with Crippen molar-refractivity contribution in [2.24, 2.45) is 5.92 Å². The molecule has 0 saturated heterocycles. The normalized spacial score (nSPS) is 13.3. The molecule has 192 valence electrons. The minimum Gasteiger partial charge on any atom is -0.481 e. The van der Waals surface area contributed by atoms with Gasteiger partial charge in [0.25, 0.3) is 0 Å². The first-order chi connectivity index (χ1) is 15.6. The van der Waals surface area contributed by atoms with Crippen molar-refractivity contribution in [2.45, 2.75) is 174 Å². The fourth-order valence-corrected chi connectivity index (χ4v) is 4.56. The highest BCUT2D eigenvalue weighted by atomic mass is 16.4. The highest BCUT2D eigenvalue weighted by molar-refractivity contribution is 5.69. The predicted octanol–water partition coefficient (Wildman–Crippen LogP) is 9.45. The second kappa shape index (κ2) is 25.1. The Hall–Kier alpha value is -0.570. The Labute approximate surface area is 201 Å². The minimum absolute atomic E-state index is 0.194. The molecular formula is C29H58O3. The number of aliphatic hydroxyl groups excluding tert-OH is 1. The summed E-state index contributed by atoms with van der Waals surface area (Å²) in [6.07, 6.45) is 30.6. The Morgan fingerprint density at radius 3 is 1.16 bits per heavy atom. The van der Waals surface area contributed by atoms with Crippen molar-refractivity contribution in [3.05, 3.63) is 0 Å². The van der Waals surface area contributed by atoms with Crippen LogP contribution in [0.25, 0.3) is 0 Å². The number of hydrogen-bond acceptors (Lipinski definition) is 2. The summed E-state index contributed by atoms with van der Waals surface area (Å²) in [6, 6.07) is 0. The van der Waals surface area contributed by atoms with Gasteiger partial charge in [-0.15, -0.1) is 0 Å². The molecule has 3 heteroatoms. The summed E-state index contributed by atoms with van der Waals surface area (Å²) < 4.78 is 0. The number of carboxylic acid groups (broad SMARTS) is 1. The molecule has 3 nitrogen and oxygen atoms in total. The lowest BCUT2D eigenvalue weighted by Crippen LogP contribution is -2.10. The molecule has 32 heavy (non-hydrogen) atoms. The molecule has 0 heterocycles. The third kappa shape index (κ3) is 24.1. The topological polar surface area (TPSA) is 57.5 Å². The Bertz CT molecular complexity index is 383. The van der Waals surface area contributed by atoms with Crippen molar-refractivity contribution < 1.29 is 15.0 Å². The number of aliphatic hydroxyl groups is 1. The summed E-state index contributed by atoms with van der Waals surface area (Å²) in [5.41, 5.74) is 0. The Kier molecular flexibility index (Phi) is 24.6. The van der Waals surface area contributed by atoms with E-state index in [2.05, 4.69) is 6.92 Å². The van der Waals surface area contributed by atoms with E-state index in [0.717, 1.165) is 38.5 Å². The number of carbonyl (C=O) groups is 1. The van der Waals surface area contributed by atoms with E-state index >= 15 is 0 Å². The van der Waals surface area contributed by atoms with Gasteiger partial charge in [-0.1, -0.05) is 149 Å². The van der Waals surface area contributed by atoms with E-state index in [-0.39, 0.29) is 12.0 Å². The Balaban J connectivity index is 3.16. The smallest absolute Gasteiger partial charge is 0.306 e. The highest BCUT2D eigenvalue weighted by Gasteiger charge is 2.10. The SMILES string of the molecule is CCCCCCCCCCCCCCCCCCCCCC(O)CCCCC(C)C(=O)O. The lowest BCUT2D eigenvalue weighted by atomic mass is 9.99. The molecule has 0 radical (unpaired) electrons. The lowest BCUT2D eigenvalue weighted by molar-refractivity contribution is -0.141. The van der Waals surface area contributed by atoms with E-state index in [9.17, 15) is 9.90 Å². The average molecular weight is 455 g/mol. The van der Waals surface area contributed by atoms with Crippen LogP contribution in [0.1, 0.15) is 168 Å². The van der Waals surface area contributed by atoms with Crippen molar-refractivity contribution in [2.75, 3.05) is 0 Å². The molecule has 0 aliphatic heterocycles. The molecular weight excluding hydrogens is 396 g/mol. The lowest BCUT2D eigenvalue weighted by Gasteiger charge is -2.11. The monoisotopic (exact) mass is 454 g/mol.